The number of nitro groups is 1. The van der Waals surface area contributed by atoms with E-state index in [1.54, 1.807) is 6.07 Å². The molecule has 0 unspecified atom stereocenters. The number of anilines is 1. The van der Waals surface area contributed by atoms with Gasteiger partial charge in [0.1, 0.15) is 12.4 Å². The molecule has 0 saturated heterocycles. The number of nitro benzene ring substituents is 1. The Morgan fingerprint density at radius 2 is 1.54 bits per heavy atom. The van der Waals surface area contributed by atoms with Crippen molar-refractivity contribution >= 4 is 11.4 Å². The van der Waals surface area contributed by atoms with E-state index in [9.17, 15) is 10.1 Å². The van der Waals surface area contributed by atoms with Crippen LogP contribution in [0.2, 0.25) is 0 Å². The van der Waals surface area contributed by atoms with Crippen LogP contribution in [0.5, 0.6) is 5.75 Å². The Bertz CT molecular complexity index is 849. The third-order valence-corrected chi connectivity index (χ3v) is 3.66. The second kappa shape index (κ2) is 6.83. The Morgan fingerprint density at radius 1 is 0.917 bits per heavy atom. The lowest BCUT2D eigenvalue weighted by Gasteiger charge is -2.12. The van der Waals surface area contributed by atoms with Crippen LogP contribution in [0.3, 0.4) is 0 Å². The average Bonchev–Trinajstić information content (AvgIpc) is 2.62. The maximum absolute atomic E-state index is 11.3. The zero-order valence-electron chi connectivity index (χ0n) is 12.9. The minimum absolute atomic E-state index is 0.0376. The zero-order valence-corrected chi connectivity index (χ0v) is 12.9. The van der Waals surface area contributed by atoms with Gasteiger partial charge in [0.05, 0.1) is 4.92 Å². The van der Waals surface area contributed by atoms with E-state index in [0.717, 1.165) is 11.1 Å². The summed E-state index contributed by atoms with van der Waals surface area (Å²) in [4.78, 5) is 10.8. The maximum atomic E-state index is 11.3. The van der Waals surface area contributed by atoms with Gasteiger partial charge in [0.25, 0.3) is 5.69 Å². The van der Waals surface area contributed by atoms with E-state index in [0.29, 0.717) is 17.9 Å². The van der Waals surface area contributed by atoms with Gasteiger partial charge in [-0.2, -0.15) is 0 Å². The number of nitrogens with two attached hydrogens (primary N) is 1. The van der Waals surface area contributed by atoms with Gasteiger partial charge in [-0.3, -0.25) is 10.1 Å². The first-order chi connectivity index (χ1) is 11.6. The Balaban J connectivity index is 1.98. The lowest BCUT2D eigenvalue weighted by atomic mass is 10.0. The van der Waals surface area contributed by atoms with Gasteiger partial charge in [0.15, 0.2) is 5.69 Å². The smallest absolute Gasteiger partial charge is 0.296 e. The molecule has 5 heteroatoms. The highest BCUT2D eigenvalue weighted by Gasteiger charge is 2.19. The van der Waals surface area contributed by atoms with Crippen LogP contribution < -0.4 is 10.5 Å². The molecular formula is C19H16N2O3. The highest BCUT2D eigenvalue weighted by atomic mass is 16.6. The summed E-state index contributed by atoms with van der Waals surface area (Å²) in [7, 11) is 0. The van der Waals surface area contributed by atoms with Crippen molar-refractivity contribution in [2.24, 2.45) is 0 Å². The Morgan fingerprint density at radius 3 is 2.17 bits per heavy atom. The van der Waals surface area contributed by atoms with Gasteiger partial charge in [-0.15, -0.1) is 0 Å². The molecule has 0 aliphatic rings. The summed E-state index contributed by atoms with van der Waals surface area (Å²) in [6.07, 6.45) is 0. The number of rotatable bonds is 5. The molecule has 2 N–H and O–H groups in total. The van der Waals surface area contributed by atoms with E-state index in [1.807, 2.05) is 60.7 Å². The van der Waals surface area contributed by atoms with Crippen molar-refractivity contribution in [3.05, 3.63) is 88.5 Å². The van der Waals surface area contributed by atoms with E-state index in [4.69, 9.17) is 10.5 Å². The molecule has 0 heterocycles. The second-order valence-electron chi connectivity index (χ2n) is 5.30. The third kappa shape index (κ3) is 3.35. The number of nitrogens with zero attached hydrogens (tertiary/aromatic N) is 1. The standard InChI is InChI=1S/C19H16N2O3/c20-19-17(21(22)23)11-16(15-9-5-2-6-10-15)12-18(19)24-13-14-7-3-1-4-8-14/h1-12H,13,20H2. The molecule has 0 radical (unpaired) electrons. The summed E-state index contributed by atoms with van der Waals surface area (Å²) in [5.41, 5.74) is 8.34. The molecule has 120 valence electrons. The molecule has 24 heavy (non-hydrogen) atoms. The molecule has 5 nitrogen and oxygen atoms in total. The number of nitrogen functional groups attached to an aromatic ring is 1. The minimum atomic E-state index is -0.489. The topological polar surface area (TPSA) is 78.4 Å². The van der Waals surface area contributed by atoms with Crippen LogP contribution in [0.15, 0.2) is 72.8 Å². The highest BCUT2D eigenvalue weighted by Crippen LogP contribution is 2.37. The Kier molecular flexibility index (Phi) is 4.43. The first-order valence-corrected chi connectivity index (χ1v) is 7.45. The minimum Gasteiger partial charge on any atom is -0.486 e. The molecule has 0 bridgehead atoms. The Labute approximate surface area is 139 Å². The van der Waals surface area contributed by atoms with Crippen LogP contribution in [-0.2, 0) is 6.61 Å². The SMILES string of the molecule is Nc1c(OCc2ccccc2)cc(-c2ccccc2)cc1[N+](=O)[O-]. The van der Waals surface area contributed by atoms with Gasteiger partial charge < -0.3 is 10.5 Å². The summed E-state index contributed by atoms with van der Waals surface area (Å²) in [6, 6.07) is 22.2. The van der Waals surface area contributed by atoms with Crippen molar-refractivity contribution < 1.29 is 9.66 Å². The van der Waals surface area contributed by atoms with Crippen molar-refractivity contribution in [2.45, 2.75) is 6.61 Å². The molecule has 3 rings (SSSR count). The molecule has 0 atom stereocenters. The summed E-state index contributed by atoms with van der Waals surface area (Å²) in [5.74, 6) is 0.312. The first kappa shape index (κ1) is 15.6. The summed E-state index contributed by atoms with van der Waals surface area (Å²) < 4.78 is 5.75. The molecule has 0 amide bonds. The molecule has 0 fully saturated rings. The largest absolute Gasteiger partial charge is 0.486 e. The molecular weight excluding hydrogens is 304 g/mol. The van der Waals surface area contributed by atoms with Gasteiger partial charge in [-0.05, 0) is 22.8 Å². The summed E-state index contributed by atoms with van der Waals surface area (Å²) in [6.45, 7) is 0.292. The van der Waals surface area contributed by atoms with E-state index in [-0.39, 0.29) is 11.4 Å². The van der Waals surface area contributed by atoms with E-state index >= 15 is 0 Å². The highest BCUT2D eigenvalue weighted by molar-refractivity contribution is 5.77. The fraction of sp³-hybridized carbons (Fsp3) is 0.0526. The second-order valence-corrected chi connectivity index (χ2v) is 5.30. The molecule has 3 aromatic rings. The van der Waals surface area contributed by atoms with E-state index < -0.39 is 4.92 Å². The molecule has 0 saturated carbocycles. The van der Waals surface area contributed by atoms with Gasteiger partial charge in [0, 0.05) is 6.07 Å². The van der Waals surface area contributed by atoms with Crippen molar-refractivity contribution in [3.8, 4) is 16.9 Å². The van der Waals surface area contributed by atoms with Crippen molar-refractivity contribution in [1.29, 1.82) is 0 Å². The average molecular weight is 320 g/mol. The monoisotopic (exact) mass is 320 g/mol. The quantitative estimate of drug-likeness (QED) is 0.429. The van der Waals surface area contributed by atoms with Gasteiger partial charge in [-0.25, -0.2) is 0 Å². The molecule has 0 aliphatic heterocycles. The molecule has 0 spiro atoms. The number of ether oxygens (including phenoxy) is 1. The van der Waals surface area contributed by atoms with Crippen molar-refractivity contribution in [1.82, 2.24) is 0 Å². The van der Waals surface area contributed by atoms with Gasteiger partial charge in [-0.1, -0.05) is 60.7 Å². The number of benzene rings is 3. The van der Waals surface area contributed by atoms with E-state index in [1.165, 1.54) is 6.07 Å². The van der Waals surface area contributed by atoms with Crippen LogP contribution in [0.4, 0.5) is 11.4 Å². The molecule has 3 aromatic carbocycles. The van der Waals surface area contributed by atoms with Crippen molar-refractivity contribution in [2.75, 3.05) is 5.73 Å². The maximum Gasteiger partial charge on any atom is 0.296 e. The van der Waals surface area contributed by atoms with Crippen LogP contribution >= 0.6 is 0 Å². The van der Waals surface area contributed by atoms with Crippen LogP contribution in [0.25, 0.3) is 11.1 Å². The third-order valence-electron chi connectivity index (χ3n) is 3.66. The first-order valence-electron chi connectivity index (χ1n) is 7.45. The van der Waals surface area contributed by atoms with Crippen LogP contribution in [0.1, 0.15) is 5.56 Å². The summed E-state index contributed by atoms with van der Waals surface area (Å²) >= 11 is 0. The lowest BCUT2D eigenvalue weighted by Crippen LogP contribution is -2.02. The summed E-state index contributed by atoms with van der Waals surface area (Å²) in [5, 5.41) is 11.3. The predicted molar refractivity (Wildman–Crippen MR) is 93.7 cm³/mol. The molecule has 0 aliphatic carbocycles. The zero-order chi connectivity index (χ0) is 16.9. The number of hydrogen-bond acceptors (Lipinski definition) is 4. The van der Waals surface area contributed by atoms with Crippen LogP contribution in [-0.4, -0.2) is 4.92 Å². The fourth-order valence-electron chi connectivity index (χ4n) is 2.41. The lowest BCUT2D eigenvalue weighted by molar-refractivity contribution is -0.383. The fourth-order valence-corrected chi connectivity index (χ4v) is 2.41. The van der Waals surface area contributed by atoms with Crippen molar-refractivity contribution in [3.63, 3.8) is 0 Å². The van der Waals surface area contributed by atoms with E-state index in [2.05, 4.69) is 0 Å². The predicted octanol–water partition coefficient (Wildman–Crippen LogP) is 4.42. The normalized spacial score (nSPS) is 10.3. The molecule has 0 aromatic heterocycles. The van der Waals surface area contributed by atoms with Gasteiger partial charge >= 0.3 is 0 Å². The Hall–Kier alpha value is -3.34. The van der Waals surface area contributed by atoms with Crippen LogP contribution in [0, 0.1) is 10.1 Å². The van der Waals surface area contributed by atoms with Gasteiger partial charge in [0.2, 0.25) is 0 Å². The number of hydrogen-bond donors (Lipinski definition) is 1.